The van der Waals surface area contributed by atoms with E-state index in [-0.39, 0.29) is 11.4 Å². The second kappa shape index (κ2) is 9.50. The van der Waals surface area contributed by atoms with Crippen LogP contribution in [0.3, 0.4) is 0 Å². The minimum absolute atomic E-state index is 0.189. The van der Waals surface area contributed by atoms with Gasteiger partial charge in [-0.1, -0.05) is 30.3 Å². The molecule has 34 heavy (non-hydrogen) atoms. The van der Waals surface area contributed by atoms with Gasteiger partial charge in [0.1, 0.15) is 13.2 Å². The molecule has 5 rings (SSSR count). The predicted octanol–water partition coefficient (Wildman–Crippen LogP) is 4.14. The number of ether oxygens (including phenoxy) is 2. The molecule has 0 saturated heterocycles. The summed E-state index contributed by atoms with van der Waals surface area (Å²) in [5, 5.41) is 11.7. The van der Waals surface area contributed by atoms with Gasteiger partial charge in [0, 0.05) is 17.8 Å². The first-order chi connectivity index (χ1) is 16.6. The molecule has 0 saturated carbocycles. The Morgan fingerprint density at radius 2 is 1.56 bits per heavy atom. The van der Waals surface area contributed by atoms with Crippen molar-refractivity contribution in [3.05, 3.63) is 90.5 Å². The monoisotopic (exact) mass is 474 g/mol. The van der Waals surface area contributed by atoms with Crippen LogP contribution in [-0.4, -0.2) is 31.8 Å². The van der Waals surface area contributed by atoms with Crippen molar-refractivity contribution in [2.45, 2.75) is 11.4 Å². The molecule has 0 aliphatic carbocycles. The van der Waals surface area contributed by atoms with E-state index in [1.165, 1.54) is 0 Å². The second-order valence-electron chi connectivity index (χ2n) is 7.62. The maximum absolute atomic E-state index is 12.6. The van der Waals surface area contributed by atoms with Gasteiger partial charge in [0.2, 0.25) is 10.0 Å². The van der Waals surface area contributed by atoms with Gasteiger partial charge in [0.25, 0.3) is 0 Å². The summed E-state index contributed by atoms with van der Waals surface area (Å²) in [6.45, 7) is 1.30. The Kier molecular flexibility index (Phi) is 6.11. The van der Waals surface area contributed by atoms with Crippen molar-refractivity contribution in [2.24, 2.45) is 0 Å². The number of benzene rings is 3. The lowest BCUT2D eigenvalue weighted by Crippen LogP contribution is -2.23. The van der Waals surface area contributed by atoms with E-state index in [1.54, 1.807) is 24.3 Å². The first kappa shape index (κ1) is 21.9. The summed E-state index contributed by atoms with van der Waals surface area (Å²) in [4.78, 5) is 0.189. The molecule has 2 N–H and O–H groups in total. The van der Waals surface area contributed by atoms with Gasteiger partial charge in [-0.2, -0.15) is 0 Å². The van der Waals surface area contributed by atoms with Crippen LogP contribution in [0.1, 0.15) is 5.56 Å². The van der Waals surface area contributed by atoms with Crippen molar-refractivity contribution < 1.29 is 17.9 Å². The summed E-state index contributed by atoms with van der Waals surface area (Å²) in [7, 11) is -3.62. The maximum atomic E-state index is 12.6. The number of rotatable bonds is 7. The summed E-state index contributed by atoms with van der Waals surface area (Å²) in [6.07, 6.45) is 0. The molecule has 1 aliphatic heterocycles. The average molecular weight is 475 g/mol. The SMILES string of the molecule is O=S(=O)(NCc1ccccc1)c1ccc(Nc2ccc(-c3ccc4c(c3)OCCO4)nn2)cc1. The molecule has 0 fully saturated rings. The molecule has 2 heterocycles. The molecular formula is C25H22N4O4S. The first-order valence-corrected chi connectivity index (χ1v) is 12.2. The Hall–Kier alpha value is -3.95. The van der Waals surface area contributed by atoms with E-state index in [0.29, 0.717) is 36.2 Å². The highest BCUT2D eigenvalue weighted by Gasteiger charge is 2.15. The lowest BCUT2D eigenvalue weighted by Gasteiger charge is -2.18. The second-order valence-corrected chi connectivity index (χ2v) is 9.39. The van der Waals surface area contributed by atoms with Crippen molar-refractivity contribution in [1.82, 2.24) is 14.9 Å². The van der Waals surface area contributed by atoms with E-state index in [2.05, 4.69) is 20.2 Å². The highest BCUT2D eigenvalue weighted by molar-refractivity contribution is 7.89. The number of sulfonamides is 1. The number of nitrogens with zero attached hydrogens (tertiary/aromatic N) is 2. The molecule has 9 heteroatoms. The zero-order valence-electron chi connectivity index (χ0n) is 18.1. The Balaban J connectivity index is 1.23. The van der Waals surface area contributed by atoms with Crippen molar-refractivity contribution in [2.75, 3.05) is 18.5 Å². The Morgan fingerprint density at radius 3 is 2.29 bits per heavy atom. The van der Waals surface area contributed by atoms with E-state index in [1.807, 2.05) is 60.7 Å². The third-order valence-corrected chi connectivity index (χ3v) is 6.67. The van der Waals surface area contributed by atoms with Gasteiger partial charge < -0.3 is 14.8 Å². The minimum atomic E-state index is -3.62. The zero-order valence-corrected chi connectivity index (χ0v) is 19.0. The number of hydrogen-bond donors (Lipinski definition) is 2. The van der Waals surface area contributed by atoms with E-state index in [4.69, 9.17) is 9.47 Å². The maximum Gasteiger partial charge on any atom is 0.240 e. The number of aromatic nitrogens is 2. The number of nitrogens with one attached hydrogen (secondary N) is 2. The Morgan fingerprint density at radius 1 is 0.794 bits per heavy atom. The lowest BCUT2D eigenvalue weighted by molar-refractivity contribution is 0.171. The number of anilines is 2. The summed E-state index contributed by atoms with van der Waals surface area (Å²) in [6, 6.07) is 25.2. The molecule has 0 bridgehead atoms. The van der Waals surface area contributed by atoms with Crippen LogP contribution in [0.15, 0.2) is 89.8 Å². The van der Waals surface area contributed by atoms with Crippen molar-refractivity contribution >= 4 is 21.5 Å². The van der Waals surface area contributed by atoms with Gasteiger partial charge in [-0.25, -0.2) is 13.1 Å². The number of fused-ring (bicyclic) bond motifs is 1. The van der Waals surface area contributed by atoms with E-state index < -0.39 is 10.0 Å². The molecule has 0 unspecified atom stereocenters. The van der Waals surface area contributed by atoms with Crippen molar-refractivity contribution in [3.8, 4) is 22.8 Å². The van der Waals surface area contributed by atoms with Gasteiger partial charge in [0.05, 0.1) is 10.6 Å². The van der Waals surface area contributed by atoms with Crippen LogP contribution in [0.5, 0.6) is 11.5 Å². The molecule has 1 aromatic heterocycles. The molecule has 0 radical (unpaired) electrons. The molecule has 0 atom stereocenters. The normalized spacial score (nSPS) is 12.8. The first-order valence-electron chi connectivity index (χ1n) is 10.7. The minimum Gasteiger partial charge on any atom is -0.486 e. The topological polar surface area (TPSA) is 102 Å². The summed E-state index contributed by atoms with van der Waals surface area (Å²) < 4.78 is 38.9. The fourth-order valence-electron chi connectivity index (χ4n) is 3.48. The van der Waals surface area contributed by atoms with Gasteiger partial charge in [0.15, 0.2) is 17.3 Å². The average Bonchev–Trinajstić information content (AvgIpc) is 2.89. The highest BCUT2D eigenvalue weighted by Crippen LogP contribution is 2.34. The van der Waals surface area contributed by atoms with E-state index in [0.717, 1.165) is 16.9 Å². The van der Waals surface area contributed by atoms with Crippen LogP contribution in [-0.2, 0) is 16.6 Å². The van der Waals surface area contributed by atoms with Gasteiger partial charge in [-0.05, 0) is 60.2 Å². The largest absolute Gasteiger partial charge is 0.486 e. The molecule has 0 amide bonds. The van der Waals surface area contributed by atoms with E-state index in [9.17, 15) is 8.42 Å². The highest BCUT2D eigenvalue weighted by atomic mass is 32.2. The van der Waals surface area contributed by atoms with Crippen LogP contribution in [0, 0.1) is 0 Å². The summed E-state index contributed by atoms with van der Waals surface area (Å²) in [5.41, 5.74) is 3.17. The smallest absolute Gasteiger partial charge is 0.240 e. The number of hydrogen-bond acceptors (Lipinski definition) is 7. The quantitative estimate of drug-likeness (QED) is 0.415. The molecule has 3 aromatic carbocycles. The van der Waals surface area contributed by atoms with Crippen LogP contribution >= 0.6 is 0 Å². The standard InChI is InChI=1S/C25H22N4O4S/c30-34(31,26-17-18-4-2-1-3-5-18)21-9-7-20(8-10-21)27-25-13-11-22(28-29-25)19-6-12-23-24(16-19)33-15-14-32-23/h1-13,16,26H,14-15,17H2,(H,27,29). The van der Waals surface area contributed by atoms with Crippen LogP contribution < -0.4 is 19.5 Å². The Bertz CT molecular complexity index is 1380. The zero-order chi connectivity index (χ0) is 23.4. The van der Waals surface area contributed by atoms with Crippen LogP contribution in [0.4, 0.5) is 11.5 Å². The molecule has 0 spiro atoms. The van der Waals surface area contributed by atoms with Crippen LogP contribution in [0.2, 0.25) is 0 Å². The molecule has 8 nitrogen and oxygen atoms in total. The third-order valence-electron chi connectivity index (χ3n) is 5.25. The molecule has 1 aliphatic rings. The summed E-state index contributed by atoms with van der Waals surface area (Å²) in [5.74, 6) is 1.96. The van der Waals surface area contributed by atoms with E-state index >= 15 is 0 Å². The third kappa shape index (κ3) is 5.00. The fraction of sp³-hybridized carbons (Fsp3) is 0.120. The Labute approximate surface area is 197 Å². The molecular weight excluding hydrogens is 452 g/mol. The van der Waals surface area contributed by atoms with Gasteiger partial charge in [-0.15, -0.1) is 10.2 Å². The molecule has 172 valence electrons. The predicted molar refractivity (Wildman–Crippen MR) is 129 cm³/mol. The van der Waals surface area contributed by atoms with Gasteiger partial charge >= 0.3 is 0 Å². The van der Waals surface area contributed by atoms with Crippen molar-refractivity contribution in [1.29, 1.82) is 0 Å². The molecule has 4 aromatic rings. The van der Waals surface area contributed by atoms with Gasteiger partial charge in [-0.3, -0.25) is 0 Å². The summed E-state index contributed by atoms with van der Waals surface area (Å²) >= 11 is 0. The fourth-order valence-corrected chi connectivity index (χ4v) is 4.50. The lowest BCUT2D eigenvalue weighted by atomic mass is 10.1. The van der Waals surface area contributed by atoms with Crippen LogP contribution in [0.25, 0.3) is 11.3 Å². The van der Waals surface area contributed by atoms with Crippen molar-refractivity contribution in [3.63, 3.8) is 0 Å².